The number of methoxy groups -OCH3 is 1. The molecule has 0 aliphatic carbocycles. The van der Waals surface area contributed by atoms with Crippen LogP contribution < -0.4 is 20.7 Å². The number of aryl methyl sites for hydroxylation is 1. The zero-order valence-electron chi connectivity index (χ0n) is 17.1. The summed E-state index contributed by atoms with van der Waals surface area (Å²) < 4.78 is 14.2. The maximum atomic E-state index is 12.7. The molecule has 0 aliphatic heterocycles. The predicted octanol–water partition coefficient (Wildman–Crippen LogP) is 0.0589. The van der Waals surface area contributed by atoms with Crippen LogP contribution in [-0.2, 0) is 25.4 Å². The average molecular weight is 450 g/mol. The number of hydrogen-bond acceptors (Lipinski definition) is 8. The van der Waals surface area contributed by atoms with Crippen molar-refractivity contribution in [2.24, 2.45) is 14.1 Å². The van der Waals surface area contributed by atoms with Gasteiger partial charge in [0.25, 0.3) is 5.56 Å². The van der Waals surface area contributed by atoms with Gasteiger partial charge in [-0.05, 0) is 24.3 Å². The fourth-order valence-corrected chi connectivity index (χ4v) is 3.69. The van der Waals surface area contributed by atoms with Crippen molar-refractivity contribution in [2.75, 3.05) is 19.5 Å². The molecule has 3 rings (SSSR count). The Morgan fingerprint density at radius 3 is 2.42 bits per heavy atom. The first-order chi connectivity index (χ1) is 14.7. The Hall–Kier alpha value is -3.25. The van der Waals surface area contributed by atoms with Crippen molar-refractivity contribution in [2.45, 2.75) is 17.8 Å². The smallest absolute Gasteiger partial charge is 0.332 e. The number of aliphatic carboxylic acids is 1. The van der Waals surface area contributed by atoms with Crippen molar-refractivity contribution >= 4 is 28.9 Å². The molecule has 0 bridgehead atoms. The van der Waals surface area contributed by atoms with Gasteiger partial charge in [0.2, 0.25) is 0 Å². The summed E-state index contributed by atoms with van der Waals surface area (Å²) >= 11 is 0.894. The lowest BCUT2D eigenvalue weighted by Gasteiger charge is -2.15. The molecule has 11 nitrogen and oxygen atoms in total. The van der Waals surface area contributed by atoms with Crippen LogP contribution in [0.15, 0.2) is 39.0 Å². The standard InChI is InChI=1S/C19H22N4O7S/c1-21-16-15(17(27)22(2)19(21)28)23(18(20-16)31-10-14(25)26)8-11(24)9-30-13-6-4-12(29-3)5-7-13/h4-7,11,24H,8-10H2,1-3H3,(H,25,26). The van der Waals surface area contributed by atoms with Gasteiger partial charge < -0.3 is 24.3 Å². The summed E-state index contributed by atoms with van der Waals surface area (Å²) in [5, 5.41) is 19.7. The molecule has 12 heteroatoms. The van der Waals surface area contributed by atoms with Crippen molar-refractivity contribution in [1.82, 2.24) is 18.7 Å². The number of aromatic nitrogens is 4. The van der Waals surface area contributed by atoms with Gasteiger partial charge in [0.05, 0.1) is 19.4 Å². The molecule has 1 atom stereocenters. The van der Waals surface area contributed by atoms with Gasteiger partial charge in [0.1, 0.15) is 24.2 Å². The minimum absolute atomic E-state index is 0.0813. The Kier molecular flexibility index (Phi) is 6.71. The van der Waals surface area contributed by atoms with E-state index < -0.39 is 23.3 Å². The van der Waals surface area contributed by atoms with E-state index >= 15 is 0 Å². The minimum atomic E-state index is -1.06. The lowest BCUT2D eigenvalue weighted by molar-refractivity contribution is -0.133. The van der Waals surface area contributed by atoms with Crippen LogP contribution in [0.25, 0.3) is 11.2 Å². The number of aliphatic hydroxyl groups is 1. The first-order valence-corrected chi connectivity index (χ1v) is 10.2. The highest BCUT2D eigenvalue weighted by atomic mass is 32.2. The molecule has 31 heavy (non-hydrogen) atoms. The van der Waals surface area contributed by atoms with Crippen LogP contribution in [-0.4, -0.2) is 60.4 Å². The zero-order valence-corrected chi connectivity index (χ0v) is 18.0. The van der Waals surface area contributed by atoms with Crippen LogP contribution in [0.4, 0.5) is 0 Å². The maximum Gasteiger partial charge on any atom is 0.332 e. The highest BCUT2D eigenvalue weighted by Crippen LogP contribution is 2.22. The Morgan fingerprint density at radius 1 is 1.16 bits per heavy atom. The van der Waals surface area contributed by atoms with Gasteiger partial charge in [-0.2, -0.15) is 0 Å². The second-order valence-corrected chi connectivity index (χ2v) is 7.65. The number of carboxylic acids is 1. The molecule has 2 aromatic heterocycles. The SMILES string of the molecule is COc1ccc(OCC(O)Cn2c(SCC(=O)O)nc3c2c(=O)n(C)c(=O)n3C)cc1. The normalized spacial score (nSPS) is 12.1. The average Bonchev–Trinajstić information content (AvgIpc) is 3.11. The van der Waals surface area contributed by atoms with Crippen molar-refractivity contribution in [3.05, 3.63) is 45.1 Å². The van der Waals surface area contributed by atoms with Crippen LogP contribution >= 0.6 is 11.8 Å². The number of carboxylic acid groups (broad SMARTS) is 1. The first-order valence-electron chi connectivity index (χ1n) is 9.18. The predicted molar refractivity (Wildman–Crippen MR) is 113 cm³/mol. The topological polar surface area (TPSA) is 138 Å². The number of thioether (sulfide) groups is 1. The third-order valence-electron chi connectivity index (χ3n) is 4.53. The third-order valence-corrected chi connectivity index (χ3v) is 5.49. The Labute approximate surface area is 180 Å². The second-order valence-electron chi connectivity index (χ2n) is 6.71. The monoisotopic (exact) mass is 450 g/mol. The summed E-state index contributed by atoms with van der Waals surface area (Å²) in [6.45, 7) is -0.164. The molecule has 0 aliphatic rings. The van der Waals surface area contributed by atoms with E-state index in [1.54, 1.807) is 31.4 Å². The molecule has 1 unspecified atom stereocenters. The molecule has 0 radical (unpaired) electrons. The van der Waals surface area contributed by atoms with Crippen LogP contribution in [0.3, 0.4) is 0 Å². The lowest BCUT2D eigenvalue weighted by atomic mass is 10.3. The number of aliphatic hydroxyl groups excluding tert-OH is 1. The van der Waals surface area contributed by atoms with Crippen molar-refractivity contribution in [3.63, 3.8) is 0 Å². The summed E-state index contributed by atoms with van der Waals surface area (Å²) in [6.07, 6.45) is -1.04. The first kappa shape index (κ1) is 22.4. The van der Waals surface area contributed by atoms with Gasteiger partial charge in [-0.15, -0.1) is 0 Å². The molecule has 2 N–H and O–H groups in total. The van der Waals surface area contributed by atoms with E-state index in [1.807, 2.05) is 0 Å². The number of ether oxygens (including phenoxy) is 2. The summed E-state index contributed by atoms with van der Waals surface area (Å²) in [5.41, 5.74) is -0.929. The molecule has 166 valence electrons. The van der Waals surface area contributed by atoms with E-state index in [-0.39, 0.29) is 35.2 Å². The molecule has 3 aromatic rings. The zero-order chi connectivity index (χ0) is 22.7. The number of carbonyl (C=O) groups is 1. The molecular formula is C19H22N4O7S. The molecular weight excluding hydrogens is 428 g/mol. The van der Waals surface area contributed by atoms with Crippen LogP contribution in [0, 0.1) is 0 Å². The largest absolute Gasteiger partial charge is 0.497 e. The Bertz CT molecular complexity index is 1210. The van der Waals surface area contributed by atoms with Gasteiger partial charge in [0.15, 0.2) is 16.3 Å². The number of fused-ring (bicyclic) bond motifs is 1. The van der Waals surface area contributed by atoms with Crippen LogP contribution in [0.1, 0.15) is 0 Å². The van der Waals surface area contributed by atoms with Gasteiger partial charge >= 0.3 is 11.7 Å². The molecule has 0 saturated carbocycles. The number of rotatable bonds is 9. The van der Waals surface area contributed by atoms with Gasteiger partial charge in [0, 0.05) is 14.1 Å². The second kappa shape index (κ2) is 9.27. The number of benzene rings is 1. The molecule has 0 amide bonds. The van der Waals surface area contributed by atoms with E-state index in [1.165, 1.54) is 23.2 Å². The third kappa shape index (κ3) is 4.75. The highest BCUT2D eigenvalue weighted by Gasteiger charge is 2.22. The molecule has 0 saturated heterocycles. The Balaban J connectivity index is 1.90. The van der Waals surface area contributed by atoms with Gasteiger partial charge in [-0.25, -0.2) is 9.78 Å². The van der Waals surface area contributed by atoms with E-state index in [2.05, 4.69) is 4.98 Å². The number of hydrogen-bond donors (Lipinski definition) is 2. The van der Waals surface area contributed by atoms with Gasteiger partial charge in [-0.1, -0.05) is 11.8 Å². The number of nitrogens with zero attached hydrogens (tertiary/aromatic N) is 4. The van der Waals surface area contributed by atoms with Crippen molar-refractivity contribution in [3.8, 4) is 11.5 Å². The lowest BCUT2D eigenvalue weighted by Crippen LogP contribution is -2.38. The van der Waals surface area contributed by atoms with Crippen molar-refractivity contribution < 1.29 is 24.5 Å². The van der Waals surface area contributed by atoms with Crippen LogP contribution in [0.2, 0.25) is 0 Å². The minimum Gasteiger partial charge on any atom is -0.497 e. The fourth-order valence-electron chi connectivity index (χ4n) is 2.96. The Morgan fingerprint density at radius 2 is 1.81 bits per heavy atom. The molecule has 2 heterocycles. The maximum absolute atomic E-state index is 12.7. The fraction of sp³-hybridized carbons (Fsp3) is 0.368. The van der Waals surface area contributed by atoms with E-state index in [0.717, 1.165) is 16.3 Å². The summed E-state index contributed by atoms with van der Waals surface area (Å²) in [6, 6.07) is 6.82. The van der Waals surface area contributed by atoms with E-state index in [0.29, 0.717) is 11.5 Å². The number of imidazole rings is 1. The van der Waals surface area contributed by atoms with Crippen molar-refractivity contribution in [1.29, 1.82) is 0 Å². The summed E-state index contributed by atoms with van der Waals surface area (Å²) in [7, 11) is 4.36. The highest BCUT2D eigenvalue weighted by molar-refractivity contribution is 7.99. The molecule has 0 spiro atoms. The summed E-state index contributed by atoms with van der Waals surface area (Å²) in [5.74, 6) is -0.169. The quantitative estimate of drug-likeness (QED) is 0.433. The van der Waals surface area contributed by atoms with Crippen LogP contribution in [0.5, 0.6) is 11.5 Å². The van der Waals surface area contributed by atoms with E-state index in [4.69, 9.17) is 14.6 Å². The molecule has 1 aromatic carbocycles. The van der Waals surface area contributed by atoms with Gasteiger partial charge in [-0.3, -0.25) is 18.7 Å². The summed E-state index contributed by atoms with van der Waals surface area (Å²) in [4.78, 5) is 40.2. The van der Waals surface area contributed by atoms with E-state index in [9.17, 15) is 19.5 Å². The molecule has 0 fully saturated rings.